The maximum Gasteiger partial charge on any atom is 0.214 e. The molecule has 1 aliphatic rings. The lowest BCUT2D eigenvalue weighted by Crippen LogP contribution is -2.23. The molecule has 0 fully saturated rings. The predicted molar refractivity (Wildman–Crippen MR) is 89.9 cm³/mol. The fourth-order valence-electron chi connectivity index (χ4n) is 2.94. The molecule has 2 aromatic rings. The van der Waals surface area contributed by atoms with Gasteiger partial charge in [0.05, 0.1) is 0 Å². The van der Waals surface area contributed by atoms with Crippen molar-refractivity contribution in [1.82, 2.24) is 0 Å². The third kappa shape index (κ3) is 2.13. The maximum atomic E-state index is 10.5. The van der Waals surface area contributed by atoms with Crippen molar-refractivity contribution in [3.63, 3.8) is 0 Å². The quantitative estimate of drug-likeness (QED) is 0.662. The second kappa shape index (κ2) is 5.41. The number of fused-ring (bicyclic) bond motifs is 1. The van der Waals surface area contributed by atoms with E-state index >= 15 is 0 Å². The van der Waals surface area contributed by atoms with Gasteiger partial charge in [0.2, 0.25) is 5.79 Å². The number of benzene rings is 2. The number of allylic oxidation sites excluding steroid dienone is 4. The lowest BCUT2D eigenvalue weighted by molar-refractivity contribution is -0.132. The van der Waals surface area contributed by atoms with Crippen LogP contribution < -0.4 is 0 Å². The number of hydrogen-bond acceptors (Lipinski definition) is 2. The lowest BCUT2D eigenvalue weighted by atomic mass is 9.93. The monoisotopic (exact) mass is 290 g/mol. The van der Waals surface area contributed by atoms with E-state index in [9.17, 15) is 10.2 Å². The predicted octanol–water partition coefficient (Wildman–Crippen LogP) is 4.02. The average Bonchev–Trinajstić information content (AvgIpc) is 2.74. The van der Waals surface area contributed by atoms with Crippen LogP contribution in [0.5, 0.6) is 0 Å². The highest BCUT2D eigenvalue weighted by atomic mass is 16.5. The van der Waals surface area contributed by atoms with E-state index in [1.54, 1.807) is 19.1 Å². The van der Waals surface area contributed by atoms with E-state index < -0.39 is 5.79 Å². The van der Waals surface area contributed by atoms with Gasteiger partial charge < -0.3 is 10.2 Å². The van der Waals surface area contributed by atoms with E-state index in [2.05, 4.69) is 6.58 Å². The summed E-state index contributed by atoms with van der Waals surface area (Å²) in [5, 5.41) is 21.0. The van der Waals surface area contributed by atoms with Crippen LogP contribution in [0.2, 0.25) is 0 Å². The van der Waals surface area contributed by atoms with Gasteiger partial charge in [-0.1, -0.05) is 73.3 Å². The molecule has 3 rings (SSSR count). The lowest BCUT2D eigenvalue weighted by Gasteiger charge is -2.19. The second-order valence-electron chi connectivity index (χ2n) is 5.40. The number of aliphatic hydroxyl groups is 2. The number of hydrogen-bond donors (Lipinski definition) is 2. The van der Waals surface area contributed by atoms with Crippen LogP contribution in [0.3, 0.4) is 0 Å². The molecule has 0 spiro atoms. The van der Waals surface area contributed by atoms with Crippen LogP contribution in [0.25, 0.3) is 16.7 Å². The largest absolute Gasteiger partial charge is 0.358 e. The van der Waals surface area contributed by atoms with Gasteiger partial charge in [-0.15, -0.1) is 0 Å². The summed E-state index contributed by atoms with van der Waals surface area (Å²) in [7, 11) is 0. The molecular formula is C20H18O2. The summed E-state index contributed by atoms with van der Waals surface area (Å²) < 4.78 is 0. The van der Waals surface area contributed by atoms with Crippen molar-refractivity contribution in [2.75, 3.05) is 0 Å². The third-order valence-corrected chi connectivity index (χ3v) is 4.12. The summed E-state index contributed by atoms with van der Waals surface area (Å²) in [5.74, 6) is -1.93. The van der Waals surface area contributed by atoms with Gasteiger partial charge in [0.25, 0.3) is 0 Å². The van der Waals surface area contributed by atoms with Crippen LogP contribution in [0.15, 0.2) is 78.9 Å². The average molecular weight is 290 g/mol. The molecule has 0 heterocycles. The zero-order valence-corrected chi connectivity index (χ0v) is 12.5. The minimum Gasteiger partial charge on any atom is -0.358 e. The topological polar surface area (TPSA) is 40.5 Å². The zero-order chi connectivity index (χ0) is 15.7. The maximum absolute atomic E-state index is 10.5. The SMILES string of the molecule is C=C/C=C\C1=C(C)C(O)(O)c2cccc(-c3ccccc3)c21. The van der Waals surface area contributed by atoms with E-state index in [1.807, 2.05) is 54.6 Å². The van der Waals surface area contributed by atoms with E-state index in [4.69, 9.17) is 0 Å². The molecule has 1 aliphatic carbocycles. The van der Waals surface area contributed by atoms with Crippen LogP contribution in [0.1, 0.15) is 18.1 Å². The Balaban J connectivity index is 2.31. The molecule has 0 bridgehead atoms. The van der Waals surface area contributed by atoms with Crippen LogP contribution in [-0.2, 0) is 5.79 Å². The Hall–Kier alpha value is -2.42. The Morgan fingerprint density at radius 2 is 1.73 bits per heavy atom. The Morgan fingerprint density at radius 1 is 1.00 bits per heavy atom. The van der Waals surface area contributed by atoms with E-state index in [0.717, 1.165) is 22.3 Å². The first kappa shape index (κ1) is 14.5. The van der Waals surface area contributed by atoms with Crippen LogP contribution in [0, 0.1) is 0 Å². The summed E-state index contributed by atoms with van der Waals surface area (Å²) in [6.07, 6.45) is 5.37. The summed E-state index contributed by atoms with van der Waals surface area (Å²) in [6.45, 7) is 5.43. The van der Waals surface area contributed by atoms with E-state index in [-0.39, 0.29) is 0 Å². The molecule has 2 N–H and O–H groups in total. The summed E-state index contributed by atoms with van der Waals surface area (Å²) in [5.41, 5.74) is 4.80. The molecule has 2 nitrogen and oxygen atoms in total. The van der Waals surface area contributed by atoms with E-state index in [0.29, 0.717) is 11.1 Å². The van der Waals surface area contributed by atoms with Gasteiger partial charge in [-0.2, -0.15) is 0 Å². The molecular weight excluding hydrogens is 272 g/mol. The first-order chi connectivity index (χ1) is 10.6. The van der Waals surface area contributed by atoms with Gasteiger partial charge in [-0.3, -0.25) is 0 Å². The van der Waals surface area contributed by atoms with E-state index in [1.165, 1.54) is 0 Å². The molecule has 2 heteroatoms. The standard InChI is InChI=1S/C20H18O2/c1-3-4-11-16-14(2)20(21,22)18-13-8-12-17(19(16)18)15-9-6-5-7-10-15/h3-13,21-22H,1H2,2H3/b11-4-. The molecule has 0 aliphatic heterocycles. The highest BCUT2D eigenvalue weighted by Gasteiger charge is 2.40. The van der Waals surface area contributed by atoms with Gasteiger partial charge in [0.15, 0.2) is 0 Å². The van der Waals surface area contributed by atoms with Crippen molar-refractivity contribution in [1.29, 1.82) is 0 Å². The number of rotatable bonds is 3. The van der Waals surface area contributed by atoms with Crippen molar-refractivity contribution in [2.24, 2.45) is 0 Å². The summed E-state index contributed by atoms with van der Waals surface area (Å²) in [6, 6.07) is 15.6. The normalized spacial score (nSPS) is 16.1. The minimum atomic E-state index is -1.93. The zero-order valence-electron chi connectivity index (χ0n) is 12.5. The molecule has 0 radical (unpaired) electrons. The van der Waals surface area contributed by atoms with Crippen LogP contribution in [0.4, 0.5) is 0 Å². The molecule has 0 amide bonds. The van der Waals surface area contributed by atoms with Crippen molar-refractivity contribution in [3.05, 3.63) is 90.0 Å². The van der Waals surface area contributed by atoms with Crippen molar-refractivity contribution in [2.45, 2.75) is 12.7 Å². The van der Waals surface area contributed by atoms with Gasteiger partial charge >= 0.3 is 0 Å². The third-order valence-electron chi connectivity index (χ3n) is 4.12. The Kier molecular flexibility index (Phi) is 3.57. The van der Waals surface area contributed by atoms with Crippen molar-refractivity contribution < 1.29 is 10.2 Å². The summed E-state index contributed by atoms with van der Waals surface area (Å²) >= 11 is 0. The molecule has 22 heavy (non-hydrogen) atoms. The molecule has 0 saturated carbocycles. The minimum absolute atomic E-state index is 0.523. The highest BCUT2D eigenvalue weighted by molar-refractivity contribution is 5.93. The van der Waals surface area contributed by atoms with Crippen LogP contribution >= 0.6 is 0 Å². The Morgan fingerprint density at radius 3 is 2.41 bits per heavy atom. The van der Waals surface area contributed by atoms with Crippen molar-refractivity contribution in [3.8, 4) is 11.1 Å². The first-order valence-corrected chi connectivity index (χ1v) is 7.22. The highest BCUT2D eigenvalue weighted by Crippen LogP contribution is 2.47. The van der Waals surface area contributed by atoms with Gasteiger partial charge in [0.1, 0.15) is 0 Å². The first-order valence-electron chi connectivity index (χ1n) is 7.22. The Labute approximate surface area is 130 Å². The van der Waals surface area contributed by atoms with Crippen LogP contribution in [-0.4, -0.2) is 10.2 Å². The molecule has 2 aromatic carbocycles. The van der Waals surface area contributed by atoms with Crippen molar-refractivity contribution >= 4 is 5.57 Å². The molecule has 110 valence electrons. The summed E-state index contributed by atoms with van der Waals surface area (Å²) in [4.78, 5) is 0. The molecule has 0 saturated heterocycles. The molecule has 0 unspecified atom stereocenters. The Bertz CT molecular complexity index is 781. The fraction of sp³-hybridized carbons (Fsp3) is 0.100. The molecule has 0 aromatic heterocycles. The second-order valence-corrected chi connectivity index (χ2v) is 5.40. The van der Waals surface area contributed by atoms with Gasteiger partial charge in [-0.05, 0) is 34.8 Å². The molecule has 0 atom stereocenters. The fourth-order valence-corrected chi connectivity index (χ4v) is 2.94. The van der Waals surface area contributed by atoms with Gasteiger partial charge in [-0.25, -0.2) is 0 Å². The van der Waals surface area contributed by atoms with Gasteiger partial charge in [0, 0.05) is 5.56 Å². The smallest absolute Gasteiger partial charge is 0.214 e.